The van der Waals surface area contributed by atoms with E-state index in [1.807, 2.05) is 23.3 Å². The number of hydrogen-bond acceptors (Lipinski definition) is 6. The lowest BCUT2D eigenvalue weighted by Gasteiger charge is -2.31. The Kier molecular flexibility index (Phi) is 4.85. The molecule has 1 amide bonds. The van der Waals surface area contributed by atoms with Gasteiger partial charge in [0.1, 0.15) is 5.69 Å². The Morgan fingerprint density at radius 1 is 1.30 bits per heavy atom. The number of piperidine rings is 1. The molecule has 8 nitrogen and oxygen atoms in total. The average molecular weight is 384 g/mol. The van der Waals surface area contributed by atoms with Gasteiger partial charge in [-0.05, 0) is 37.8 Å². The van der Waals surface area contributed by atoms with Gasteiger partial charge >= 0.3 is 0 Å². The maximum absolute atomic E-state index is 12.5. The van der Waals surface area contributed by atoms with Crippen LogP contribution in [0.1, 0.15) is 28.3 Å². The molecule has 27 heavy (non-hydrogen) atoms. The molecule has 3 aromatic rings. The van der Waals surface area contributed by atoms with E-state index in [9.17, 15) is 9.59 Å². The number of aromatic nitrogens is 5. The minimum absolute atomic E-state index is 0.00577. The van der Waals surface area contributed by atoms with Crippen molar-refractivity contribution >= 4 is 17.2 Å². The van der Waals surface area contributed by atoms with Crippen molar-refractivity contribution < 1.29 is 4.79 Å². The van der Waals surface area contributed by atoms with Crippen LogP contribution in [0.25, 0.3) is 5.82 Å². The summed E-state index contributed by atoms with van der Waals surface area (Å²) in [7, 11) is 0. The average Bonchev–Trinajstić information content (AvgIpc) is 3.35. The molecule has 1 aliphatic rings. The van der Waals surface area contributed by atoms with Crippen LogP contribution in [0, 0.1) is 12.8 Å². The van der Waals surface area contributed by atoms with E-state index in [0.717, 1.165) is 17.8 Å². The zero-order valence-corrected chi connectivity index (χ0v) is 15.8. The number of carbonyl (C=O) groups excluding carboxylic acids is 1. The molecule has 3 aromatic heterocycles. The summed E-state index contributed by atoms with van der Waals surface area (Å²) in [6.45, 7) is 3.79. The largest absolute Gasteiger partial charge is 0.337 e. The number of nitrogens with zero attached hydrogens (tertiary/aromatic N) is 6. The summed E-state index contributed by atoms with van der Waals surface area (Å²) in [6, 6.07) is 5.00. The van der Waals surface area contributed by atoms with Crippen molar-refractivity contribution in [1.29, 1.82) is 0 Å². The number of thiazole rings is 1. The maximum Gasteiger partial charge on any atom is 0.273 e. The summed E-state index contributed by atoms with van der Waals surface area (Å²) < 4.78 is 3.13. The molecule has 140 valence electrons. The van der Waals surface area contributed by atoms with E-state index >= 15 is 0 Å². The van der Waals surface area contributed by atoms with Crippen LogP contribution >= 0.6 is 11.3 Å². The Labute approximate surface area is 160 Å². The molecule has 4 heterocycles. The topological polar surface area (TPSA) is 85.9 Å². The maximum atomic E-state index is 12.5. The summed E-state index contributed by atoms with van der Waals surface area (Å²) >= 11 is 1.49. The lowest BCUT2D eigenvalue weighted by atomic mass is 9.96. The first-order chi connectivity index (χ1) is 13.1. The first kappa shape index (κ1) is 17.6. The lowest BCUT2D eigenvalue weighted by molar-refractivity contribution is 0.0675. The third kappa shape index (κ3) is 3.82. The Balaban J connectivity index is 1.40. The summed E-state index contributed by atoms with van der Waals surface area (Å²) in [4.78, 5) is 30.8. The van der Waals surface area contributed by atoms with Crippen molar-refractivity contribution in [3.8, 4) is 5.82 Å². The molecule has 4 rings (SSSR count). The van der Waals surface area contributed by atoms with Gasteiger partial charge in [0, 0.05) is 43.5 Å². The first-order valence-electron chi connectivity index (χ1n) is 8.90. The minimum Gasteiger partial charge on any atom is -0.337 e. The van der Waals surface area contributed by atoms with E-state index in [0.29, 0.717) is 37.1 Å². The lowest BCUT2D eigenvalue weighted by Crippen LogP contribution is -2.40. The van der Waals surface area contributed by atoms with Crippen molar-refractivity contribution in [2.24, 2.45) is 5.92 Å². The van der Waals surface area contributed by atoms with E-state index < -0.39 is 0 Å². The smallest absolute Gasteiger partial charge is 0.273 e. The molecular formula is C18H20N6O2S. The molecule has 1 aliphatic heterocycles. The SMILES string of the molecule is Cc1nc(C(=O)N2CCC(Cn3nc(-n4cccn4)ccc3=O)CC2)cs1. The molecule has 1 fully saturated rings. The standard InChI is InChI=1S/C18H20N6O2S/c1-13-20-15(12-27-13)18(26)22-9-5-14(6-10-22)11-24-17(25)4-3-16(21-24)23-8-2-7-19-23/h2-4,7-8,12,14H,5-6,9-11H2,1H3. The highest BCUT2D eigenvalue weighted by molar-refractivity contribution is 7.09. The van der Waals surface area contributed by atoms with Gasteiger partial charge in [-0.1, -0.05) is 0 Å². The highest BCUT2D eigenvalue weighted by Crippen LogP contribution is 2.21. The minimum atomic E-state index is -0.123. The van der Waals surface area contributed by atoms with Crippen molar-refractivity contribution in [2.75, 3.05) is 13.1 Å². The van der Waals surface area contributed by atoms with E-state index in [4.69, 9.17) is 0 Å². The van der Waals surface area contributed by atoms with Gasteiger partial charge in [-0.25, -0.2) is 14.3 Å². The number of likely N-dealkylation sites (tertiary alicyclic amines) is 1. The van der Waals surface area contributed by atoms with Crippen LogP contribution in [0.5, 0.6) is 0 Å². The number of amides is 1. The van der Waals surface area contributed by atoms with Crippen LogP contribution in [0.3, 0.4) is 0 Å². The fourth-order valence-electron chi connectivity index (χ4n) is 3.28. The molecule has 9 heteroatoms. The predicted molar refractivity (Wildman–Crippen MR) is 101 cm³/mol. The second-order valence-corrected chi connectivity index (χ2v) is 7.71. The molecular weight excluding hydrogens is 364 g/mol. The fourth-order valence-corrected chi connectivity index (χ4v) is 3.87. The van der Waals surface area contributed by atoms with Gasteiger partial charge in [-0.2, -0.15) is 5.10 Å². The molecule has 1 saturated heterocycles. The normalized spacial score (nSPS) is 15.2. The monoisotopic (exact) mass is 384 g/mol. The molecule has 0 atom stereocenters. The molecule has 0 aromatic carbocycles. The van der Waals surface area contributed by atoms with Crippen LogP contribution in [0.15, 0.2) is 40.8 Å². The van der Waals surface area contributed by atoms with Crippen molar-refractivity contribution in [1.82, 2.24) is 29.4 Å². The number of hydrogen-bond donors (Lipinski definition) is 0. The summed E-state index contributed by atoms with van der Waals surface area (Å²) in [5.41, 5.74) is 0.406. The molecule has 0 unspecified atom stereocenters. The zero-order chi connectivity index (χ0) is 18.8. The number of aryl methyl sites for hydroxylation is 1. The van der Waals surface area contributed by atoms with Crippen molar-refractivity contribution in [2.45, 2.75) is 26.3 Å². The van der Waals surface area contributed by atoms with E-state index in [-0.39, 0.29) is 11.5 Å². The van der Waals surface area contributed by atoms with Crippen LogP contribution in [-0.2, 0) is 6.54 Å². The predicted octanol–water partition coefficient (Wildman–Crippen LogP) is 1.75. The third-order valence-corrected chi connectivity index (χ3v) is 5.54. The van der Waals surface area contributed by atoms with Gasteiger partial charge in [0.25, 0.3) is 11.5 Å². The number of carbonyl (C=O) groups is 1. The van der Waals surface area contributed by atoms with Crippen LogP contribution in [0.4, 0.5) is 0 Å². The van der Waals surface area contributed by atoms with E-state index in [2.05, 4.69) is 15.2 Å². The second-order valence-electron chi connectivity index (χ2n) is 6.65. The highest BCUT2D eigenvalue weighted by atomic mass is 32.1. The quantitative estimate of drug-likeness (QED) is 0.684. The Bertz CT molecular complexity index is 985. The highest BCUT2D eigenvalue weighted by Gasteiger charge is 2.25. The van der Waals surface area contributed by atoms with Gasteiger partial charge in [-0.3, -0.25) is 9.59 Å². The van der Waals surface area contributed by atoms with E-state index in [1.165, 1.54) is 22.1 Å². The summed E-state index contributed by atoms with van der Waals surface area (Å²) in [6.07, 6.45) is 5.15. The van der Waals surface area contributed by atoms with Gasteiger partial charge in [-0.15, -0.1) is 16.4 Å². The molecule has 0 aliphatic carbocycles. The molecule has 0 radical (unpaired) electrons. The third-order valence-electron chi connectivity index (χ3n) is 4.76. The second kappa shape index (κ2) is 7.43. The summed E-state index contributed by atoms with van der Waals surface area (Å²) in [5, 5.41) is 11.3. The Morgan fingerprint density at radius 2 is 2.11 bits per heavy atom. The number of rotatable bonds is 4. The molecule has 0 spiro atoms. The molecule has 0 N–H and O–H groups in total. The summed E-state index contributed by atoms with van der Waals surface area (Å²) in [5.74, 6) is 0.921. The van der Waals surface area contributed by atoms with Crippen LogP contribution in [-0.4, -0.2) is 48.4 Å². The van der Waals surface area contributed by atoms with Crippen molar-refractivity contribution in [3.05, 3.63) is 57.0 Å². The van der Waals surface area contributed by atoms with Crippen LogP contribution < -0.4 is 5.56 Å². The fraction of sp³-hybridized carbons (Fsp3) is 0.389. The molecule has 0 saturated carbocycles. The Morgan fingerprint density at radius 3 is 2.78 bits per heavy atom. The zero-order valence-electron chi connectivity index (χ0n) is 15.0. The Hall–Kier alpha value is -2.81. The van der Waals surface area contributed by atoms with Crippen LogP contribution in [0.2, 0.25) is 0 Å². The van der Waals surface area contributed by atoms with Gasteiger partial charge in [0.2, 0.25) is 0 Å². The molecule has 0 bridgehead atoms. The van der Waals surface area contributed by atoms with Gasteiger partial charge in [0.15, 0.2) is 5.82 Å². The van der Waals surface area contributed by atoms with Crippen molar-refractivity contribution in [3.63, 3.8) is 0 Å². The van der Waals surface area contributed by atoms with Gasteiger partial charge < -0.3 is 4.90 Å². The van der Waals surface area contributed by atoms with E-state index in [1.54, 1.807) is 23.1 Å². The van der Waals surface area contributed by atoms with Gasteiger partial charge in [0.05, 0.1) is 5.01 Å². The first-order valence-corrected chi connectivity index (χ1v) is 9.78.